The first kappa shape index (κ1) is 11.2. The van der Waals surface area contributed by atoms with Crippen molar-refractivity contribution in [3.05, 3.63) is 28.2 Å². The number of rotatable bonds is 4. The molecule has 5 nitrogen and oxygen atoms in total. The highest BCUT2D eigenvalue weighted by atomic mass is 32.1. The lowest BCUT2D eigenvalue weighted by Gasteiger charge is -2.16. The van der Waals surface area contributed by atoms with Gasteiger partial charge in [0.1, 0.15) is 12.2 Å². The predicted octanol–water partition coefficient (Wildman–Crippen LogP) is 1.98. The van der Waals surface area contributed by atoms with Crippen LogP contribution in [-0.2, 0) is 0 Å². The lowest BCUT2D eigenvalue weighted by Crippen LogP contribution is -2.23. The quantitative estimate of drug-likeness (QED) is 0.853. The van der Waals surface area contributed by atoms with Crippen LogP contribution in [0.1, 0.15) is 42.5 Å². The van der Waals surface area contributed by atoms with Gasteiger partial charge in [-0.3, -0.25) is 10.4 Å². The van der Waals surface area contributed by atoms with E-state index in [-0.39, 0.29) is 12.1 Å². The maximum Gasteiger partial charge on any atom is 0.141 e. The summed E-state index contributed by atoms with van der Waals surface area (Å²) in [5.74, 6) is 0.846. The molecule has 0 spiro atoms. The molecular weight excluding hydrogens is 222 g/mol. The van der Waals surface area contributed by atoms with Gasteiger partial charge in [0.25, 0.3) is 0 Å². The van der Waals surface area contributed by atoms with Crippen LogP contribution in [0.15, 0.2) is 11.7 Å². The van der Waals surface area contributed by atoms with Crippen molar-refractivity contribution in [3.63, 3.8) is 0 Å². The number of aryl methyl sites for hydroxylation is 1. The minimum absolute atomic E-state index is 0.138. The van der Waals surface area contributed by atoms with Crippen LogP contribution < -0.4 is 5.32 Å². The van der Waals surface area contributed by atoms with Crippen LogP contribution in [0.2, 0.25) is 0 Å². The molecule has 86 valence electrons. The molecule has 0 saturated carbocycles. The average molecular weight is 237 g/mol. The molecule has 0 radical (unpaired) electrons. The smallest absolute Gasteiger partial charge is 0.141 e. The van der Waals surface area contributed by atoms with E-state index in [2.05, 4.69) is 44.7 Å². The number of aromatic amines is 1. The zero-order valence-corrected chi connectivity index (χ0v) is 10.4. The van der Waals surface area contributed by atoms with Gasteiger partial charge in [-0.05, 0) is 20.8 Å². The summed E-state index contributed by atoms with van der Waals surface area (Å²) in [6, 6.07) is 0.351. The van der Waals surface area contributed by atoms with E-state index in [1.165, 1.54) is 6.33 Å². The van der Waals surface area contributed by atoms with Crippen molar-refractivity contribution in [3.8, 4) is 0 Å². The maximum absolute atomic E-state index is 4.45. The molecule has 0 amide bonds. The Morgan fingerprint density at radius 3 is 2.75 bits per heavy atom. The summed E-state index contributed by atoms with van der Waals surface area (Å²) in [5, 5.41) is 13.3. The Bertz CT molecular complexity index is 436. The molecule has 0 aliphatic heterocycles. The van der Waals surface area contributed by atoms with Crippen molar-refractivity contribution < 1.29 is 0 Å². The van der Waals surface area contributed by atoms with E-state index in [9.17, 15) is 0 Å². The van der Waals surface area contributed by atoms with Crippen molar-refractivity contribution in [1.29, 1.82) is 0 Å². The van der Waals surface area contributed by atoms with E-state index in [1.54, 1.807) is 11.3 Å². The summed E-state index contributed by atoms with van der Waals surface area (Å²) >= 11 is 1.67. The number of nitrogens with zero attached hydrogens (tertiary/aromatic N) is 3. The van der Waals surface area contributed by atoms with Gasteiger partial charge >= 0.3 is 0 Å². The normalized spacial score (nSPS) is 14.9. The number of thiazole rings is 1. The fourth-order valence-corrected chi connectivity index (χ4v) is 2.25. The molecule has 2 N–H and O–H groups in total. The van der Waals surface area contributed by atoms with Crippen LogP contribution in [-0.4, -0.2) is 20.2 Å². The summed E-state index contributed by atoms with van der Waals surface area (Å²) in [4.78, 5) is 8.58. The third-order valence-corrected chi connectivity index (χ3v) is 3.22. The second-order valence-corrected chi connectivity index (χ2v) is 4.83. The Hall–Kier alpha value is -1.27. The van der Waals surface area contributed by atoms with Crippen molar-refractivity contribution in [1.82, 2.24) is 25.5 Å². The van der Waals surface area contributed by atoms with Crippen molar-refractivity contribution >= 4 is 11.3 Å². The SMILES string of the molecule is Cc1nc(C(C)NC(C)c2ncn[nH]2)cs1. The van der Waals surface area contributed by atoms with Gasteiger partial charge in [-0.25, -0.2) is 9.97 Å². The molecule has 0 aliphatic carbocycles. The molecular formula is C10H15N5S. The fourth-order valence-electron chi connectivity index (χ4n) is 1.54. The van der Waals surface area contributed by atoms with Crippen molar-refractivity contribution in [2.45, 2.75) is 32.9 Å². The number of hydrogen-bond donors (Lipinski definition) is 2. The molecule has 2 aromatic heterocycles. The predicted molar refractivity (Wildman–Crippen MR) is 63.2 cm³/mol. The van der Waals surface area contributed by atoms with Gasteiger partial charge in [-0.1, -0.05) is 0 Å². The Labute approximate surface area is 98.3 Å². The third-order valence-electron chi connectivity index (χ3n) is 2.42. The summed E-state index contributed by atoms with van der Waals surface area (Å²) in [6.07, 6.45) is 1.52. The van der Waals surface area contributed by atoms with Crippen LogP contribution in [0.3, 0.4) is 0 Å². The fraction of sp³-hybridized carbons (Fsp3) is 0.500. The topological polar surface area (TPSA) is 66.5 Å². The summed E-state index contributed by atoms with van der Waals surface area (Å²) < 4.78 is 0. The summed E-state index contributed by atoms with van der Waals surface area (Å²) in [7, 11) is 0. The lowest BCUT2D eigenvalue weighted by atomic mass is 10.2. The molecule has 2 unspecified atom stereocenters. The Morgan fingerprint density at radius 1 is 1.38 bits per heavy atom. The molecule has 2 heterocycles. The van der Waals surface area contributed by atoms with Crippen molar-refractivity contribution in [2.75, 3.05) is 0 Å². The highest BCUT2D eigenvalue weighted by molar-refractivity contribution is 7.09. The molecule has 0 aromatic carbocycles. The van der Waals surface area contributed by atoms with E-state index >= 15 is 0 Å². The Balaban J connectivity index is 2.00. The number of H-pyrrole nitrogens is 1. The maximum atomic E-state index is 4.45. The Kier molecular flexibility index (Phi) is 3.31. The van der Waals surface area contributed by atoms with Crippen LogP contribution in [0.5, 0.6) is 0 Å². The van der Waals surface area contributed by atoms with Gasteiger partial charge in [0.15, 0.2) is 0 Å². The van der Waals surface area contributed by atoms with Crippen LogP contribution in [0.25, 0.3) is 0 Å². The van der Waals surface area contributed by atoms with E-state index < -0.39 is 0 Å². The molecule has 0 aliphatic rings. The van der Waals surface area contributed by atoms with Crippen LogP contribution >= 0.6 is 11.3 Å². The first-order valence-corrected chi connectivity index (χ1v) is 6.08. The molecule has 0 saturated heterocycles. The Morgan fingerprint density at radius 2 is 2.19 bits per heavy atom. The van der Waals surface area contributed by atoms with Gasteiger partial charge in [-0.2, -0.15) is 5.10 Å². The highest BCUT2D eigenvalue weighted by Gasteiger charge is 2.14. The van der Waals surface area contributed by atoms with E-state index in [0.717, 1.165) is 16.5 Å². The van der Waals surface area contributed by atoms with Crippen LogP contribution in [0, 0.1) is 6.92 Å². The number of nitrogens with one attached hydrogen (secondary N) is 2. The molecule has 0 bridgehead atoms. The lowest BCUT2D eigenvalue weighted by molar-refractivity contribution is 0.471. The first-order chi connectivity index (χ1) is 7.66. The molecule has 6 heteroatoms. The molecule has 2 rings (SSSR count). The second-order valence-electron chi connectivity index (χ2n) is 3.77. The standard InChI is InChI=1S/C10H15N5S/c1-6(9-4-16-8(3)14-9)13-7(2)10-11-5-12-15-10/h4-7,13H,1-3H3,(H,11,12,15). The van der Waals surface area contributed by atoms with Gasteiger partial charge in [-0.15, -0.1) is 11.3 Å². The largest absolute Gasteiger partial charge is 0.299 e. The van der Waals surface area contributed by atoms with Crippen molar-refractivity contribution in [2.24, 2.45) is 0 Å². The van der Waals surface area contributed by atoms with E-state index in [1.807, 2.05) is 6.92 Å². The van der Waals surface area contributed by atoms with E-state index in [4.69, 9.17) is 0 Å². The van der Waals surface area contributed by atoms with Gasteiger partial charge in [0.2, 0.25) is 0 Å². The minimum Gasteiger partial charge on any atom is -0.299 e. The minimum atomic E-state index is 0.138. The first-order valence-electron chi connectivity index (χ1n) is 5.20. The average Bonchev–Trinajstić information content (AvgIpc) is 2.87. The number of aromatic nitrogens is 4. The zero-order valence-electron chi connectivity index (χ0n) is 9.56. The summed E-state index contributed by atoms with van der Waals surface area (Å²) in [6.45, 7) is 6.17. The molecule has 2 atom stereocenters. The third kappa shape index (κ3) is 2.45. The molecule has 0 fully saturated rings. The highest BCUT2D eigenvalue weighted by Crippen LogP contribution is 2.18. The molecule has 16 heavy (non-hydrogen) atoms. The van der Waals surface area contributed by atoms with Crippen LogP contribution in [0.4, 0.5) is 0 Å². The monoisotopic (exact) mass is 237 g/mol. The zero-order chi connectivity index (χ0) is 11.5. The number of hydrogen-bond acceptors (Lipinski definition) is 5. The van der Waals surface area contributed by atoms with Gasteiger partial charge in [0.05, 0.1) is 16.7 Å². The van der Waals surface area contributed by atoms with Gasteiger partial charge in [0, 0.05) is 11.4 Å². The van der Waals surface area contributed by atoms with Gasteiger partial charge < -0.3 is 0 Å². The second kappa shape index (κ2) is 4.71. The molecule has 2 aromatic rings. The van der Waals surface area contributed by atoms with E-state index in [0.29, 0.717) is 0 Å². The summed E-state index contributed by atoms with van der Waals surface area (Å²) in [5.41, 5.74) is 1.08.